The molecule has 0 radical (unpaired) electrons. The summed E-state index contributed by atoms with van der Waals surface area (Å²) in [5.74, 6) is 0.891. The first-order chi connectivity index (χ1) is 8.53. The largest absolute Gasteiger partial charge is 0.353 e. The molecule has 1 aliphatic carbocycles. The lowest BCUT2D eigenvalue weighted by atomic mass is 10.1. The SMILES string of the molecule is CN=C(NC(C)c1ccccc1)NC1CC1(C)C. The number of hydrogen-bond acceptors (Lipinski definition) is 1. The maximum atomic E-state index is 4.29. The van der Waals surface area contributed by atoms with Gasteiger partial charge in [0.25, 0.3) is 0 Å². The molecule has 0 aromatic heterocycles. The van der Waals surface area contributed by atoms with Crippen LogP contribution in [-0.4, -0.2) is 19.0 Å². The standard InChI is InChI=1S/C15H23N3/c1-11(12-8-6-5-7-9-12)17-14(16-4)18-13-10-15(13,2)3/h5-9,11,13H,10H2,1-4H3,(H2,16,17,18). The number of hydrogen-bond donors (Lipinski definition) is 2. The van der Waals surface area contributed by atoms with Crippen molar-refractivity contribution in [1.29, 1.82) is 0 Å². The van der Waals surface area contributed by atoms with Gasteiger partial charge in [0.15, 0.2) is 5.96 Å². The molecule has 18 heavy (non-hydrogen) atoms. The lowest BCUT2D eigenvalue weighted by molar-refractivity contribution is 0.582. The number of nitrogens with zero attached hydrogens (tertiary/aromatic N) is 1. The van der Waals surface area contributed by atoms with E-state index in [2.05, 4.69) is 60.7 Å². The molecule has 0 spiro atoms. The highest BCUT2D eigenvalue weighted by molar-refractivity contribution is 5.80. The molecule has 0 heterocycles. The van der Waals surface area contributed by atoms with Gasteiger partial charge in [0.05, 0.1) is 6.04 Å². The zero-order valence-electron chi connectivity index (χ0n) is 11.7. The van der Waals surface area contributed by atoms with Crippen LogP contribution < -0.4 is 10.6 Å². The summed E-state index contributed by atoms with van der Waals surface area (Å²) >= 11 is 0. The quantitative estimate of drug-likeness (QED) is 0.634. The summed E-state index contributed by atoms with van der Waals surface area (Å²) in [6.07, 6.45) is 1.22. The summed E-state index contributed by atoms with van der Waals surface area (Å²) in [4.78, 5) is 4.29. The molecule has 3 heteroatoms. The molecular weight excluding hydrogens is 222 g/mol. The molecule has 98 valence electrons. The van der Waals surface area contributed by atoms with Crippen molar-refractivity contribution in [2.24, 2.45) is 10.4 Å². The zero-order chi connectivity index (χ0) is 13.2. The van der Waals surface area contributed by atoms with Crippen LogP contribution in [0.4, 0.5) is 0 Å². The highest BCUT2D eigenvalue weighted by Gasteiger charge is 2.46. The first kappa shape index (κ1) is 12.9. The first-order valence-electron chi connectivity index (χ1n) is 6.58. The normalized spacial score (nSPS) is 23.3. The maximum Gasteiger partial charge on any atom is 0.191 e. The molecule has 2 atom stereocenters. The molecule has 1 fully saturated rings. The minimum atomic E-state index is 0.263. The molecule has 0 bridgehead atoms. The van der Waals surface area contributed by atoms with Gasteiger partial charge < -0.3 is 10.6 Å². The van der Waals surface area contributed by atoms with Gasteiger partial charge in [-0.05, 0) is 24.3 Å². The molecular formula is C15H23N3. The average Bonchev–Trinajstić information content (AvgIpc) is 2.96. The van der Waals surface area contributed by atoms with E-state index < -0.39 is 0 Å². The third kappa shape index (κ3) is 3.03. The Bertz CT molecular complexity index is 423. The number of aliphatic imine (C=N–C) groups is 1. The highest BCUT2D eigenvalue weighted by Crippen LogP contribution is 2.44. The van der Waals surface area contributed by atoms with Crippen LogP contribution in [0.3, 0.4) is 0 Å². The van der Waals surface area contributed by atoms with Crippen molar-refractivity contribution in [3.8, 4) is 0 Å². The molecule has 1 aliphatic rings. The van der Waals surface area contributed by atoms with Gasteiger partial charge in [-0.2, -0.15) is 0 Å². The van der Waals surface area contributed by atoms with E-state index >= 15 is 0 Å². The Kier molecular flexibility index (Phi) is 3.60. The number of rotatable bonds is 3. The summed E-state index contributed by atoms with van der Waals surface area (Å²) in [6, 6.07) is 11.2. The molecule has 2 rings (SSSR count). The van der Waals surface area contributed by atoms with Gasteiger partial charge >= 0.3 is 0 Å². The molecule has 1 aromatic rings. The van der Waals surface area contributed by atoms with Crippen LogP contribution in [0.1, 0.15) is 38.8 Å². The van der Waals surface area contributed by atoms with Crippen LogP contribution in [0.5, 0.6) is 0 Å². The van der Waals surface area contributed by atoms with Gasteiger partial charge in [0, 0.05) is 13.1 Å². The van der Waals surface area contributed by atoms with Crippen LogP contribution in [0.2, 0.25) is 0 Å². The Morgan fingerprint density at radius 1 is 1.33 bits per heavy atom. The molecule has 1 saturated carbocycles. The third-order valence-corrected chi connectivity index (χ3v) is 3.70. The van der Waals surface area contributed by atoms with Gasteiger partial charge in [0.2, 0.25) is 0 Å². The van der Waals surface area contributed by atoms with E-state index in [0.29, 0.717) is 11.5 Å². The number of nitrogens with one attached hydrogen (secondary N) is 2. The fourth-order valence-corrected chi connectivity index (χ4v) is 2.08. The maximum absolute atomic E-state index is 4.29. The summed E-state index contributed by atoms with van der Waals surface area (Å²) in [7, 11) is 1.82. The smallest absolute Gasteiger partial charge is 0.191 e. The van der Waals surface area contributed by atoms with E-state index in [9.17, 15) is 0 Å². The molecule has 0 amide bonds. The topological polar surface area (TPSA) is 36.4 Å². The number of guanidine groups is 1. The Labute approximate surface area is 110 Å². The van der Waals surface area contributed by atoms with E-state index in [1.807, 2.05) is 13.1 Å². The fraction of sp³-hybridized carbons (Fsp3) is 0.533. The molecule has 2 unspecified atom stereocenters. The first-order valence-corrected chi connectivity index (χ1v) is 6.58. The predicted octanol–water partition coefficient (Wildman–Crippen LogP) is 2.71. The minimum absolute atomic E-state index is 0.263. The molecule has 1 aromatic carbocycles. The van der Waals surface area contributed by atoms with E-state index in [1.54, 1.807) is 0 Å². The van der Waals surface area contributed by atoms with Crippen LogP contribution in [0.15, 0.2) is 35.3 Å². The second-order valence-corrected chi connectivity index (χ2v) is 5.74. The van der Waals surface area contributed by atoms with Crippen molar-refractivity contribution < 1.29 is 0 Å². The van der Waals surface area contributed by atoms with Crippen molar-refractivity contribution in [1.82, 2.24) is 10.6 Å². The molecule has 2 N–H and O–H groups in total. The van der Waals surface area contributed by atoms with Crippen molar-refractivity contribution >= 4 is 5.96 Å². The minimum Gasteiger partial charge on any atom is -0.353 e. The third-order valence-electron chi connectivity index (χ3n) is 3.70. The number of benzene rings is 1. The Morgan fingerprint density at radius 2 is 1.94 bits per heavy atom. The monoisotopic (exact) mass is 245 g/mol. The second-order valence-electron chi connectivity index (χ2n) is 5.74. The second kappa shape index (κ2) is 5.01. The summed E-state index contributed by atoms with van der Waals surface area (Å²) in [5, 5.41) is 6.90. The Morgan fingerprint density at radius 3 is 2.44 bits per heavy atom. The van der Waals surface area contributed by atoms with Crippen molar-refractivity contribution in [2.45, 2.75) is 39.3 Å². The average molecular weight is 245 g/mol. The van der Waals surface area contributed by atoms with E-state index in [1.165, 1.54) is 12.0 Å². The van der Waals surface area contributed by atoms with Gasteiger partial charge in [-0.15, -0.1) is 0 Å². The molecule has 3 nitrogen and oxygen atoms in total. The van der Waals surface area contributed by atoms with E-state index in [0.717, 1.165) is 5.96 Å². The zero-order valence-corrected chi connectivity index (χ0v) is 11.7. The highest BCUT2D eigenvalue weighted by atomic mass is 15.2. The van der Waals surface area contributed by atoms with Gasteiger partial charge in [-0.1, -0.05) is 44.2 Å². The van der Waals surface area contributed by atoms with Crippen LogP contribution >= 0.6 is 0 Å². The van der Waals surface area contributed by atoms with Crippen molar-refractivity contribution in [3.05, 3.63) is 35.9 Å². The fourth-order valence-electron chi connectivity index (χ4n) is 2.08. The summed E-state index contributed by atoms with van der Waals surface area (Å²) < 4.78 is 0. The van der Waals surface area contributed by atoms with Gasteiger partial charge in [0.1, 0.15) is 0 Å². The van der Waals surface area contributed by atoms with Crippen molar-refractivity contribution in [2.75, 3.05) is 7.05 Å². The van der Waals surface area contributed by atoms with Crippen LogP contribution in [0.25, 0.3) is 0 Å². The Balaban J connectivity index is 1.91. The van der Waals surface area contributed by atoms with E-state index in [4.69, 9.17) is 0 Å². The van der Waals surface area contributed by atoms with Crippen LogP contribution in [-0.2, 0) is 0 Å². The summed E-state index contributed by atoms with van der Waals surface area (Å²) in [6.45, 7) is 6.71. The van der Waals surface area contributed by atoms with Crippen LogP contribution in [0, 0.1) is 5.41 Å². The summed E-state index contributed by atoms with van der Waals surface area (Å²) in [5.41, 5.74) is 1.68. The molecule has 0 saturated heterocycles. The van der Waals surface area contributed by atoms with Crippen molar-refractivity contribution in [3.63, 3.8) is 0 Å². The van der Waals surface area contributed by atoms with Gasteiger partial charge in [-0.3, -0.25) is 4.99 Å². The predicted molar refractivity (Wildman–Crippen MR) is 76.7 cm³/mol. The Hall–Kier alpha value is -1.51. The van der Waals surface area contributed by atoms with E-state index in [-0.39, 0.29) is 6.04 Å². The lowest BCUT2D eigenvalue weighted by Crippen LogP contribution is -2.41. The van der Waals surface area contributed by atoms with Gasteiger partial charge in [-0.25, -0.2) is 0 Å². The lowest BCUT2D eigenvalue weighted by Gasteiger charge is -2.19. The molecule has 0 aliphatic heterocycles.